The van der Waals surface area contributed by atoms with Gasteiger partial charge in [0.1, 0.15) is 0 Å². The van der Waals surface area contributed by atoms with E-state index in [0.717, 1.165) is 6.42 Å². The Labute approximate surface area is 85.1 Å². The van der Waals surface area contributed by atoms with Crippen molar-refractivity contribution in [2.24, 2.45) is 0 Å². The number of carbonyl (C=O) groups excluding carboxylic acids is 1. The van der Waals surface area contributed by atoms with Gasteiger partial charge in [-0.05, 0) is 26.2 Å². The van der Waals surface area contributed by atoms with Crippen molar-refractivity contribution in [1.82, 2.24) is 10.6 Å². The lowest BCUT2D eigenvalue weighted by Gasteiger charge is -2.32. The topological polar surface area (TPSA) is 61.4 Å². The van der Waals surface area contributed by atoms with Gasteiger partial charge in [-0.1, -0.05) is 6.92 Å². The SMILES string of the molecule is CCC(C)NCC(=O)NC1CC(O)C1. The number of nitrogens with one attached hydrogen (secondary N) is 2. The lowest BCUT2D eigenvalue weighted by molar-refractivity contribution is -0.122. The van der Waals surface area contributed by atoms with Crippen LogP contribution in [0.5, 0.6) is 0 Å². The maximum absolute atomic E-state index is 11.3. The quantitative estimate of drug-likeness (QED) is 0.586. The summed E-state index contributed by atoms with van der Waals surface area (Å²) in [6.07, 6.45) is 2.22. The van der Waals surface area contributed by atoms with Crippen LogP contribution in [0.2, 0.25) is 0 Å². The third-order valence-corrected chi connectivity index (χ3v) is 2.70. The van der Waals surface area contributed by atoms with Crippen LogP contribution >= 0.6 is 0 Å². The van der Waals surface area contributed by atoms with Crippen molar-refractivity contribution < 1.29 is 9.90 Å². The second-order valence-electron chi connectivity index (χ2n) is 4.08. The summed E-state index contributed by atoms with van der Waals surface area (Å²) in [5.74, 6) is 0.0298. The van der Waals surface area contributed by atoms with Crippen molar-refractivity contribution in [3.8, 4) is 0 Å². The third-order valence-electron chi connectivity index (χ3n) is 2.70. The number of amides is 1. The summed E-state index contributed by atoms with van der Waals surface area (Å²) in [6.45, 7) is 4.51. The van der Waals surface area contributed by atoms with Gasteiger partial charge in [0.2, 0.25) is 5.91 Å². The van der Waals surface area contributed by atoms with E-state index in [0.29, 0.717) is 25.4 Å². The molecule has 0 aromatic heterocycles. The summed E-state index contributed by atoms with van der Waals surface area (Å²) in [6, 6.07) is 0.573. The molecule has 4 nitrogen and oxygen atoms in total. The van der Waals surface area contributed by atoms with Gasteiger partial charge in [0.25, 0.3) is 0 Å². The molecule has 1 aliphatic carbocycles. The highest BCUT2D eigenvalue weighted by Crippen LogP contribution is 2.18. The molecule has 82 valence electrons. The van der Waals surface area contributed by atoms with Crippen LogP contribution in [0.15, 0.2) is 0 Å². The monoisotopic (exact) mass is 200 g/mol. The lowest BCUT2D eigenvalue weighted by Crippen LogP contribution is -2.49. The molecule has 0 radical (unpaired) electrons. The number of hydrogen-bond donors (Lipinski definition) is 3. The summed E-state index contributed by atoms with van der Waals surface area (Å²) in [7, 11) is 0. The number of rotatable bonds is 5. The first-order chi connectivity index (χ1) is 6.61. The molecular weight excluding hydrogens is 180 g/mol. The fraction of sp³-hybridized carbons (Fsp3) is 0.900. The van der Waals surface area contributed by atoms with Gasteiger partial charge in [-0.15, -0.1) is 0 Å². The highest BCUT2D eigenvalue weighted by atomic mass is 16.3. The molecule has 14 heavy (non-hydrogen) atoms. The van der Waals surface area contributed by atoms with Crippen LogP contribution < -0.4 is 10.6 Å². The fourth-order valence-electron chi connectivity index (χ4n) is 1.40. The molecule has 0 aromatic rings. The van der Waals surface area contributed by atoms with Crippen molar-refractivity contribution in [1.29, 1.82) is 0 Å². The van der Waals surface area contributed by atoms with Gasteiger partial charge in [0.05, 0.1) is 12.6 Å². The van der Waals surface area contributed by atoms with Crippen molar-refractivity contribution in [3.05, 3.63) is 0 Å². The second-order valence-corrected chi connectivity index (χ2v) is 4.08. The first kappa shape index (κ1) is 11.5. The van der Waals surface area contributed by atoms with Gasteiger partial charge >= 0.3 is 0 Å². The van der Waals surface area contributed by atoms with E-state index in [4.69, 9.17) is 5.11 Å². The zero-order valence-corrected chi connectivity index (χ0v) is 8.92. The maximum atomic E-state index is 11.3. The Morgan fingerprint density at radius 3 is 2.71 bits per heavy atom. The van der Waals surface area contributed by atoms with Crippen molar-refractivity contribution >= 4 is 5.91 Å². The number of carbonyl (C=O) groups is 1. The van der Waals surface area contributed by atoms with Crippen LogP contribution in [0.25, 0.3) is 0 Å². The highest BCUT2D eigenvalue weighted by molar-refractivity contribution is 5.78. The molecule has 1 atom stereocenters. The Hall–Kier alpha value is -0.610. The standard InChI is InChI=1S/C10H20N2O2/c1-3-7(2)11-6-10(14)12-8-4-9(13)5-8/h7-9,11,13H,3-6H2,1-2H3,(H,12,14). The molecular formula is C10H20N2O2. The predicted molar refractivity (Wildman–Crippen MR) is 54.9 cm³/mol. The average Bonchev–Trinajstić information content (AvgIpc) is 2.11. The normalized spacial score (nSPS) is 27.9. The first-order valence-electron chi connectivity index (χ1n) is 5.32. The van der Waals surface area contributed by atoms with E-state index < -0.39 is 0 Å². The zero-order chi connectivity index (χ0) is 10.6. The summed E-state index contributed by atoms with van der Waals surface area (Å²) < 4.78 is 0. The Morgan fingerprint density at radius 2 is 2.21 bits per heavy atom. The van der Waals surface area contributed by atoms with E-state index >= 15 is 0 Å². The molecule has 0 bridgehead atoms. The molecule has 0 aliphatic heterocycles. The summed E-state index contributed by atoms with van der Waals surface area (Å²) in [4.78, 5) is 11.3. The molecule has 0 heterocycles. The second kappa shape index (κ2) is 5.32. The van der Waals surface area contributed by atoms with Gasteiger partial charge in [0.15, 0.2) is 0 Å². The van der Waals surface area contributed by atoms with Crippen LogP contribution in [0.1, 0.15) is 33.1 Å². The van der Waals surface area contributed by atoms with Crippen LogP contribution in [0, 0.1) is 0 Å². The van der Waals surface area contributed by atoms with E-state index in [-0.39, 0.29) is 18.1 Å². The third kappa shape index (κ3) is 3.64. The molecule has 1 amide bonds. The average molecular weight is 200 g/mol. The Bertz CT molecular complexity index is 191. The zero-order valence-electron chi connectivity index (χ0n) is 8.92. The minimum Gasteiger partial charge on any atom is -0.393 e. The van der Waals surface area contributed by atoms with Gasteiger partial charge in [-0.25, -0.2) is 0 Å². The molecule has 0 spiro atoms. The molecule has 0 saturated heterocycles. The van der Waals surface area contributed by atoms with Gasteiger partial charge in [0, 0.05) is 12.1 Å². The Balaban J connectivity index is 2.04. The van der Waals surface area contributed by atoms with E-state index in [1.54, 1.807) is 0 Å². The minimum atomic E-state index is -0.206. The molecule has 1 aliphatic rings. The molecule has 1 saturated carbocycles. The van der Waals surface area contributed by atoms with Gasteiger partial charge < -0.3 is 15.7 Å². The molecule has 3 N–H and O–H groups in total. The van der Waals surface area contributed by atoms with Crippen molar-refractivity contribution in [3.63, 3.8) is 0 Å². The van der Waals surface area contributed by atoms with Crippen LogP contribution in [0.3, 0.4) is 0 Å². The van der Waals surface area contributed by atoms with E-state index in [2.05, 4.69) is 24.5 Å². The number of aliphatic hydroxyl groups excluding tert-OH is 1. The lowest BCUT2D eigenvalue weighted by atomic mass is 9.89. The van der Waals surface area contributed by atoms with Crippen LogP contribution in [-0.4, -0.2) is 35.7 Å². The minimum absolute atomic E-state index is 0.0298. The summed E-state index contributed by atoms with van der Waals surface area (Å²) >= 11 is 0. The van der Waals surface area contributed by atoms with Crippen LogP contribution in [-0.2, 0) is 4.79 Å². The highest BCUT2D eigenvalue weighted by Gasteiger charge is 2.28. The molecule has 1 fully saturated rings. The van der Waals surface area contributed by atoms with Gasteiger partial charge in [-0.3, -0.25) is 4.79 Å². The maximum Gasteiger partial charge on any atom is 0.234 e. The summed E-state index contributed by atoms with van der Waals surface area (Å²) in [5, 5.41) is 15.0. The van der Waals surface area contributed by atoms with E-state index in [1.807, 2.05) is 0 Å². The predicted octanol–water partition coefficient (Wildman–Crippen LogP) is 0.0140. The number of hydrogen-bond acceptors (Lipinski definition) is 3. The van der Waals surface area contributed by atoms with E-state index in [9.17, 15) is 4.79 Å². The summed E-state index contributed by atoms with van der Waals surface area (Å²) in [5.41, 5.74) is 0. The Kier molecular flexibility index (Phi) is 4.35. The molecule has 4 heteroatoms. The fourth-order valence-corrected chi connectivity index (χ4v) is 1.40. The number of aliphatic hydroxyl groups is 1. The van der Waals surface area contributed by atoms with Crippen molar-refractivity contribution in [2.75, 3.05) is 6.54 Å². The van der Waals surface area contributed by atoms with Crippen LogP contribution in [0.4, 0.5) is 0 Å². The molecule has 0 aromatic carbocycles. The Morgan fingerprint density at radius 1 is 1.57 bits per heavy atom. The smallest absolute Gasteiger partial charge is 0.234 e. The van der Waals surface area contributed by atoms with Crippen molar-refractivity contribution in [2.45, 2.75) is 51.3 Å². The van der Waals surface area contributed by atoms with Gasteiger partial charge in [-0.2, -0.15) is 0 Å². The largest absolute Gasteiger partial charge is 0.393 e. The molecule has 1 rings (SSSR count). The molecule has 1 unspecified atom stereocenters. The first-order valence-corrected chi connectivity index (χ1v) is 5.32. The van der Waals surface area contributed by atoms with E-state index in [1.165, 1.54) is 0 Å².